The van der Waals surface area contributed by atoms with E-state index < -0.39 is 0 Å². The topological polar surface area (TPSA) is 35.0 Å². The van der Waals surface area contributed by atoms with Gasteiger partial charge in [0.05, 0.1) is 12.3 Å². The van der Waals surface area contributed by atoms with Crippen LogP contribution in [0.4, 0.5) is 4.39 Å². The maximum atomic E-state index is 13.0. The number of rotatable bonds is 1. The zero-order valence-corrected chi connectivity index (χ0v) is 11.2. The predicted molar refractivity (Wildman–Crippen MR) is 70.0 cm³/mol. The highest BCUT2D eigenvalue weighted by molar-refractivity contribution is 6.32. The Bertz CT molecular complexity index is 619. The van der Waals surface area contributed by atoms with Crippen LogP contribution >= 0.6 is 23.2 Å². The van der Waals surface area contributed by atoms with E-state index in [9.17, 15) is 4.39 Å². The fourth-order valence-electron chi connectivity index (χ4n) is 2.14. The van der Waals surface area contributed by atoms with Crippen LogP contribution in [0.5, 0.6) is 0 Å². The SMILES string of the molecule is Fc1ccc(C2OCCc3c(Cl)nc(Cl)nc32)cc1. The van der Waals surface area contributed by atoms with Gasteiger partial charge in [-0.25, -0.2) is 14.4 Å². The van der Waals surface area contributed by atoms with Gasteiger partial charge >= 0.3 is 0 Å². The summed E-state index contributed by atoms with van der Waals surface area (Å²) in [6.07, 6.45) is 0.255. The highest BCUT2D eigenvalue weighted by atomic mass is 35.5. The monoisotopic (exact) mass is 298 g/mol. The predicted octanol–water partition coefficient (Wildman–Crippen LogP) is 3.58. The van der Waals surface area contributed by atoms with E-state index >= 15 is 0 Å². The van der Waals surface area contributed by atoms with Crippen molar-refractivity contribution >= 4 is 23.2 Å². The minimum atomic E-state index is -0.387. The van der Waals surface area contributed by atoms with E-state index in [4.69, 9.17) is 27.9 Å². The molecule has 1 aliphatic heterocycles. The summed E-state index contributed by atoms with van der Waals surface area (Å²) in [5, 5.41) is 0.437. The molecule has 0 amide bonds. The molecule has 1 aromatic carbocycles. The minimum absolute atomic E-state index is 0.0846. The van der Waals surface area contributed by atoms with Gasteiger partial charge in [-0.15, -0.1) is 0 Å². The maximum absolute atomic E-state index is 13.0. The molecule has 19 heavy (non-hydrogen) atoms. The number of halogens is 3. The number of hydrogen-bond acceptors (Lipinski definition) is 3. The van der Waals surface area contributed by atoms with Gasteiger partial charge in [0, 0.05) is 12.0 Å². The van der Waals surface area contributed by atoms with Crippen molar-refractivity contribution < 1.29 is 9.13 Å². The second-order valence-corrected chi connectivity index (χ2v) is 4.90. The summed E-state index contributed by atoms with van der Waals surface area (Å²) in [5.74, 6) is -0.293. The first kappa shape index (κ1) is 12.8. The van der Waals surface area contributed by atoms with Gasteiger partial charge in [0.1, 0.15) is 17.1 Å². The molecule has 3 nitrogen and oxygen atoms in total. The molecule has 0 fully saturated rings. The van der Waals surface area contributed by atoms with Crippen LogP contribution in [-0.2, 0) is 11.2 Å². The molecule has 0 bridgehead atoms. The van der Waals surface area contributed by atoms with Gasteiger partial charge in [-0.2, -0.15) is 0 Å². The Balaban J connectivity index is 2.09. The lowest BCUT2D eigenvalue weighted by atomic mass is 9.99. The van der Waals surface area contributed by atoms with Gasteiger partial charge in [-0.05, 0) is 29.3 Å². The van der Waals surface area contributed by atoms with Gasteiger partial charge in [0.25, 0.3) is 0 Å². The summed E-state index contributed by atoms with van der Waals surface area (Å²) >= 11 is 11.9. The van der Waals surface area contributed by atoms with Crippen LogP contribution in [0.2, 0.25) is 10.4 Å². The first-order chi connectivity index (χ1) is 9.15. The Morgan fingerprint density at radius 1 is 1.16 bits per heavy atom. The quantitative estimate of drug-likeness (QED) is 0.596. The Hall–Kier alpha value is -1.23. The standard InChI is InChI=1S/C13H9Cl2FN2O/c14-12-9-5-6-19-11(10(9)17-13(15)18-12)7-1-3-8(16)4-2-7/h1-4,11H,5-6H2. The molecule has 98 valence electrons. The van der Waals surface area contributed by atoms with Crippen molar-refractivity contribution in [1.29, 1.82) is 0 Å². The van der Waals surface area contributed by atoms with E-state index in [0.717, 1.165) is 11.1 Å². The first-order valence-corrected chi connectivity index (χ1v) is 6.49. The molecule has 2 aromatic rings. The second kappa shape index (κ2) is 5.04. The van der Waals surface area contributed by atoms with Crippen molar-refractivity contribution in [3.05, 3.63) is 57.3 Å². The number of ether oxygens (including phenoxy) is 1. The van der Waals surface area contributed by atoms with E-state index in [1.165, 1.54) is 12.1 Å². The van der Waals surface area contributed by atoms with Crippen molar-refractivity contribution in [1.82, 2.24) is 9.97 Å². The van der Waals surface area contributed by atoms with Crippen LogP contribution in [0, 0.1) is 5.82 Å². The number of fused-ring (bicyclic) bond motifs is 1. The lowest BCUT2D eigenvalue weighted by Crippen LogP contribution is -2.20. The number of aromatic nitrogens is 2. The van der Waals surface area contributed by atoms with Gasteiger partial charge in [0.2, 0.25) is 5.28 Å². The molecular formula is C13H9Cl2FN2O. The van der Waals surface area contributed by atoms with Crippen LogP contribution in [-0.4, -0.2) is 16.6 Å². The highest BCUT2D eigenvalue weighted by Crippen LogP contribution is 2.34. The van der Waals surface area contributed by atoms with Crippen LogP contribution < -0.4 is 0 Å². The van der Waals surface area contributed by atoms with E-state index in [-0.39, 0.29) is 17.2 Å². The molecule has 1 aliphatic rings. The normalized spacial score (nSPS) is 18.2. The molecule has 3 rings (SSSR count). The Kier molecular flexibility index (Phi) is 3.39. The lowest BCUT2D eigenvalue weighted by molar-refractivity contribution is 0.0661. The van der Waals surface area contributed by atoms with Gasteiger partial charge < -0.3 is 4.74 Å². The molecule has 1 atom stereocenters. The first-order valence-electron chi connectivity index (χ1n) is 5.74. The smallest absolute Gasteiger partial charge is 0.224 e. The highest BCUT2D eigenvalue weighted by Gasteiger charge is 2.27. The Morgan fingerprint density at radius 3 is 2.63 bits per heavy atom. The molecule has 0 saturated heterocycles. The third-order valence-electron chi connectivity index (χ3n) is 3.02. The van der Waals surface area contributed by atoms with Gasteiger partial charge in [-0.1, -0.05) is 23.7 Å². The minimum Gasteiger partial charge on any atom is -0.367 e. The summed E-state index contributed by atoms with van der Waals surface area (Å²) in [7, 11) is 0. The van der Waals surface area contributed by atoms with Crippen molar-refractivity contribution in [2.75, 3.05) is 6.61 Å². The zero-order chi connectivity index (χ0) is 13.4. The summed E-state index contributed by atoms with van der Waals surface area (Å²) in [6.45, 7) is 0.514. The molecule has 2 heterocycles. The fourth-order valence-corrected chi connectivity index (χ4v) is 2.63. The van der Waals surface area contributed by atoms with E-state index in [1.54, 1.807) is 12.1 Å². The van der Waals surface area contributed by atoms with Crippen LogP contribution in [0.15, 0.2) is 24.3 Å². The number of nitrogens with zero attached hydrogens (tertiary/aromatic N) is 2. The molecule has 0 spiro atoms. The van der Waals surface area contributed by atoms with Crippen LogP contribution in [0.3, 0.4) is 0 Å². The molecule has 0 N–H and O–H groups in total. The van der Waals surface area contributed by atoms with E-state index in [1.807, 2.05) is 0 Å². The maximum Gasteiger partial charge on any atom is 0.224 e. The third kappa shape index (κ3) is 2.43. The summed E-state index contributed by atoms with van der Waals surface area (Å²) in [6, 6.07) is 6.10. The molecule has 1 aromatic heterocycles. The summed E-state index contributed by atoms with van der Waals surface area (Å²) in [5.41, 5.74) is 2.31. The molecule has 1 unspecified atom stereocenters. The van der Waals surface area contributed by atoms with Gasteiger partial charge in [-0.3, -0.25) is 0 Å². The number of benzene rings is 1. The fraction of sp³-hybridized carbons (Fsp3) is 0.231. The molecule has 0 radical (unpaired) electrons. The van der Waals surface area contributed by atoms with E-state index in [0.29, 0.717) is 23.9 Å². The summed E-state index contributed by atoms with van der Waals surface area (Å²) < 4.78 is 18.7. The van der Waals surface area contributed by atoms with Crippen molar-refractivity contribution in [2.24, 2.45) is 0 Å². The largest absolute Gasteiger partial charge is 0.367 e. The molecule has 0 aliphatic carbocycles. The lowest BCUT2D eigenvalue weighted by Gasteiger charge is -2.25. The molecule has 6 heteroatoms. The van der Waals surface area contributed by atoms with Crippen LogP contribution in [0.25, 0.3) is 0 Å². The molecule has 0 saturated carbocycles. The van der Waals surface area contributed by atoms with Crippen molar-refractivity contribution in [3.8, 4) is 0 Å². The Labute approximate surface area is 119 Å². The van der Waals surface area contributed by atoms with Crippen LogP contribution in [0.1, 0.15) is 22.9 Å². The third-order valence-corrected chi connectivity index (χ3v) is 3.50. The number of hydrogen-bond donors (Lipinski definition) is 0. The van der Waals surface area contributed by atoms with Crippen molar-refractivity contribution in [2.45, 2.75) is 12.5 Å². The van der Waals surface area contributed by atoms with E-state index in [2.05, 4.69) is 9.97 Å². The molecular weight excluding hydrogens is 290 g/mol. The zero-order valence-electron chi connectivity index (χ0n) is 9.74. The summed E-state index contributed by atoms with van der Waals surface area (Å²) in [4.78, 5) is 8.14. The van der Waals surface area contributed by atoms with Gasteiger partial charge in [0.15, 0.2) is 0 Å². The Morgan fingerprint density at radius 2 is 1.89 bits per heavy atom. The second-order valence-electron chi connectivity index (χ2n) is 4.20. The van der Waals surface area contributed by atoms with Crippen molar-refractivity contribution in [3.63, 3.8) is 0 Å². The average molecular weight is 299 g/mol. The average Bonchev–Trinajstić information content (AvgIpc) is 2.39.